The van der Waals surface area contributed by atoms with Gasteiger partial charge in [-0.3, -0.25) is 0 Å². The van der Waals surface area contributed by atoms with Crippen LogP contribution in [0.15, 0.2) is 22.7 Å². The maximum absolute atomic E-state index is 5.90. The molecule has 0 aliphatic rings. The average molecular weight is 282 g/mol. The van der Waals surface area contributed by atoms with Gasteiger partial charge in [0.1, 0.15) is 12.4 Å². The molecule has 1 rings (SSSR count). The van der Waals surface area contributed by atoms with E-state index in [0.717, 1.165) is 23.1 Å². The van der Waals surface area contributed by atoms with Gasteiger partial charge >= 0.3 is 0 Å². The fourth-order valence-corrected chi connectivity index (χ4v) is 1.90. The number of halogens is 1. The molecule has 0 aliphatic carbocycles. The van der Waals surface area contributed by atoms with Crippen molar-refractivity contribution in [2.75, 3.05) is 6.61 Å². The fourth-order valence-electron chi connectivity index (χ4n) is 1.35. The van der Waals surface area contributed by atoms with Crippen molar-refractivity contribution in [3.63, 3.8) is 0 Å². The van der Waals surface area contributed by atoms with Gasteiger partial charge in [0.2, 0.25) is 0 Å². The summed E-state index contributed by atoms with van der Waals surface area (Å²) in [6.45, 7) is 2.37. The van der Waals surface area contributed by atoms with Gasteiger partial charge in [0, 0.05) is 6.04 Å². The Bertz CT molecular complexity index is 384. The summed E-state index contributed by atoms with van der Waals surface area (Å²) in [5, 5.41) is 0. The molecule has 1 aromatic carbocycles. The van der Waals surface area contributed by atoms with Crippen LogP contribution in [0.1, 0.15) is 18.9 Å². The first-order chi connectivity index (χ1) is 7.67. The van der Waals surface area contributed by atoms with Gasteiger partial charge in [-0.25, -0.2) is 0 Å². The zero-order valence-electron chi connectivity index (χ0n) is 9.37. The first-order valence-electron chi connectivity index (χ1n) is 5.27. The van der Waals surface area contributed by atoms with Crippen molar-refractivity contribution in [3.8, 4) is 18.1 Å². The topological polar surface area (TPSA) is 35.2 Å². The van der Waals surface area contributed by atoms with Crippen molar-refractivity contribution in [3.05, 3.63) is 28.2 Å². The van der Waals surface area contributed by atoms with E-state index < -0.39 is 0 Å². The van der Waals surface area contributed by atoms with E-state index in [4.69, 9.17) is 16.9 Å². The van der Waals surface area contributed by atoms with Crippen molar-refractivity contribution in [1.29, 1.82) is 0 Å². The molecule has 1 atom stereocenters. The van der Waals surface area contributed by atoms with Crippen LogP contribution in [0.4, 0.5) is 0 Å². The van der Waals surface area contributed by atoms with Gasteiger partial charge in [0.15, 0.2) is 0 Å². The highest BCUT2D eigenvalue weighted by Crippen LogP contribution is 2.26. The van der Waals surface area contributed by atoms with Gasteiger partial charge in [-0.05, 0) is 46.5 Å². The SMILES string of the molecule is C#CCOc1ccc(CC(N)CC)cc1Br. The lowest BCUT2D eigenvalue weighted by Gasteiger charge is -2.11. The summed E-state index contributed by atoms with van der Waals surface area (Å²) in [7, 11) is 0. The summed E-state index contributed by atoms with van der Waals surface area (Å²) in [6.07, 6.45) is 6.99. The average Bonchev–Trinajstić information content (AvgIpc) is 2.28. The Labute approximate surface area is 105 Å². The standard InChI is InChI=1S/C13H16BrNO/c1-3-7-16-13-6-5-10(9-12(13)14)8-11(15)4-2/h1,5-6,9,11H,4,7-8,15H2,2H3. The minimum absolute atomic E-state index is 0.212. The number of terminal acetylenes is 1. The van der Waals surface area contributed by atoms with Gasteiger partial charge in [-0.1, -0.05) is 18.9 Å². The lowest BCUT2D eigenvalue weighted by molar-refractivity contribution is 0.368. The van der Waals surface area contributed by atoms with E-state index in [1.54, 1.807) is 0 Å². The molecule has 0 fully saturated rings. The van der Waals surface area contributed by atoms with Crippen LogP contribution in [-0.4, -0.2) is 12.6 Å². The number of hydrogen-bond acceptors (Lipinski definition) is 2. The maximum atomic E-state index is 5.90. The lowest BCUT2D eigenvalue weighted by Crippen LogP contribution is -2.21. The molecule has 0 aliphatic heterocycles. The number of ether oxygens (including phenoxy) is 1. The van der Waals surface area contributed by atoms with Crippen molar-refractivity contribution in [1.82, 2.24) is 0 Å². The highest BCUT2D eigenvalue weighted by atomic mass is 79.9. The molecular formula is C13H16BrNO. The van der Waals surface area contributed by atoms with Crippen molar-refractivity contribution >= 4 is 15.9 Å². The van der Waals surface area contributed by atoms with Gasteiger partial charge in [0.05, 0.1) is 4.47 Å². The monoisotopic (exact) mass is 281 g/mol. The molecule has 0 radical (unpaired) electrons. The van der Waals surface area contributed by atoms with E-state index in [1.807, 2.05) is 18.2 Å². The third-order valence-electron chi connectivity index (χ3n) is 2.33. The van der Waals surface area contributed by atoms with E-state index in [1.165, 1.54) is 5.56 Å². The zero-order valence-corrected chi connectivity index (χ0v) is 11.0. The maximum Gasteiger partial charge on any atom is 0.148 e. The number of rotatable bonds is 5. The molecule has 1 aromatic rings. The molecule has 2 N–H and O–H groups in total. The van der Waals surface area contributed by atoms with Crippen molar-refractivity contribution in [2.45, 2.75) is 25.8 Å². The minimum Gasteiger partial charge on any atom is -0.480 e. The van der Waals surface area contributed by atoms with Gasteiger partial charge < -0.3 is 10.5 Å². The quantitative estimate of drug-likeness (QED) is 0.843. The Kier molecular flexibility index (Phi) is 5.37. The van der Waals surface area contributed by atoms with Gasteiger partial charge in [-0.2, -0.15) is 0 Å². The largest absolute Gasteiger partial charge is 0.480 e. The Morgan fingerprint density at radius 2 is 2.31 bits per heavy atom. The molecule has 0 heterocycles. The van der Waals surface area contributed by atoms with E-state index >= 15 is 0 Å². The zero-order chi connectivity index (χ0) is 12.0. The summed E-state index contributed by atoms with van der Waals surface area (Å²) in [5.41, 5.74) is 7.10. The molecular weight excluding hydrogens is 266 g/mol. The first kappa shape index (κ1) is 13.1. The van der Waals surface area contributed by atoms with Crippen LogP contribution in [0.25, 0.3) is 0 Å². The van der Waals surface area contributed by atoms with Crippen LogP contribution in [0, 0.1) is 12.3 Å². The molecule has 0 saturated heterocycles. The van der Waals surface area contributed by atoms with E-state index in [0.29, 0.717) is 0 Å². The predicted octanol–water partition coefficient (Wildman–Crippen LogP) is 2.74. The summed E-state index contributed by atoms with van der Waals surface area (Å²) >= 11 is 3.45. The second kappa shape index (κ2) is 6.57. The Morgan fingerprint density at radius 1 is 1.56 bits per heavy atom. The van der Waals surface area contributed by atoms with Crippen LogP contribution >= 0.6 is 15.9 Å². The molecule has 0 spiro atoms. The van der Waals surface area contributed by atoms with E-state index in [2.05, 4.69) is 28.8 Å². The summed E-state index contributed by atoms with van der Waals surface area (Å²) in [5.74, 6) is 3.21. The minimum atomic E-state index is 0.212. The van der Waals surface area contributed by atoms with E-state index in [9.17, 15) is 0 Å². The summed E-state index contributed by atoms with van der Waals surface area (Å²) < 4.78 is 6.28. The molecule has 0 bridgehead atoms. The normalized spacial score (nSPS) is 11.9. The molecule has 0 aromatic heterocycles. The number of nitrogens with two attached hydrogens (primary N) is 1. The first-order valence-corrected chi connectivity index (χ1v) is 6.07. The second-order valence-corrected chi connectivity index (χ2v) is 4.48. The molecule has 86 valence electrons. The lowest BCUT2D eigenvalue weighted by atomic mass is 10.0. The highest BCUT2D eigenvalue weighted by Gasteiger charge is 2.05. The van der Waals surface area contributed by atoms with Crippen LogP contribution in [0.5, 0.6) is 5.75 Å². The molecule has 1 unspecified atom stereocenters. The molecule has 0 saturated carbocycles. The highest BCUT2D eigenvalue weighted by molar-refractivity contribution is 9.10. The molecule has 2 nitrogen and oxygen atoms in total. The Hall–Kier alpha value is -0.980. The third kappa shape index (κ3) is 3.88. The second-order valence-electron chi connectivity index (χ2n) is 3.63. The van der Waals surface area contributed by atoms with E-state index in [-0.39, 0.29) is 12.6 Å². The Balaban J connectivity index is 2.71. The summed E-state index contributed by atoms with van der Waals surface area (Å²) in [4.78, 5) is 0. The molecule has 16 heavy (non-hydrogen) atoms. The predicted molar refractivity (Wildman–Crippen MR) is 70.4 cm³/mol. The van der Waals surface area contributed by atoms with Crippen LogP contribution in [-0.2, 0) is 6.42 Å². The van der Waals surface area contributed by atoms with Crippen LogP contribution in [0.2, 0.25) is 0 Å². The van der Waals surface area contributed by atoms with Crippen molar-refractivity contribution in [2.24, 2.45) is 5.73 Å². The third-order valence-corrected chi connectivity index (χ3v) is 2.95. The number of benzene rings is 1. The molecule has 0 amide bonds. The van der Waals surface area contributed by atoms with Crippen LogP contribution in [0.3, 0.4) is 0 Å². The Morgan fingerprint density at radius 3 is 2.88 bits per heavy atom. The van der Waals surface area contributed by atoms with Gasteiger partial charge in [0.25, 0.3) is 0 Å². The van der Waals surface area contributed by atoms with Gasteiger partial charge in [-0.15, -0.1) is 6.42 Å². The molecule has 3 heteroatoms. The van der Waals surface area contributed by atoms with Crippen molar-refractivity contribution < 1.29 is 4.74 Å². The van der Waals surface area contributed by atoms with Crippen LogP contribution < -0.4 is 10.5 Å². The summed E-state index contributed by atoms with van der Waals surface area (Å²) in [6, 6.07) is 6.18. The number of hydrogen-bond donors (Lipinski definition) is 1. The fraction of sp³-hybridized carbons (Fsp3) is 0.385. The smallest absolute Gasteiger partial charge is 0.148 e.